The number of oxazole rings is 1. The van der Waals surface area contributed by atoms with Crippen molar-refractivity contribution in [2.45, 2.75) is 32.7 Å². The number of pyridine rings is 1. The first kappa shape index (κ1) is 26.3. The lowest BCUT2D eigenvalue weighted by atomic mass is 10.1. The van der Waals surface area contributed by atoms with Crippen molar-refractivity contribution in [1.82, 2.24) is 15.3 Å². The van der Waals surface area contributed by atoms with Gasteiger partial charge in [0.25, 0.3) is 0 Å². The molecule has 1 atom stereocenters. The monoisotopic (exact) mass is 511 g/mol. The largest absolute Gasteiger partial charge is 0.493 e. The Morgan fingerprint density at radius 2 is 1.79 bits per heavy atom. The van der Waals surface area contributed by atoms with Crippen LogP contribution in [0.25, 0.3) is 11.5 Å². The Morgan fingerprint density at radius 3 is 2.47 bits per heavy atom. The first-order valence-electron chi connectivity index (χ1n) is 12.3. The lowest BCUT2D eigenvalue weighted by molar-refractivity contribution is -0.139. The molecule has 2 aromatic carbocycles. The number of aryl methyl sites for hydroxylation is 1. The maximum atomic E-state index is 12.3. The highest BCUT2D eigenvalue weighted by Crippen LogP contribution is 2.22. The van der Waals surface area contributed by atoms with Crippen LogP contribution in [0.4, 0.5) is 0 Å². The summed E-state index contributed by atoms with van der Waals surface area (Å²) in [6.07, 6.45) is 3.72. The minimum Gasteiger partial charge on any atom is -0.493 e. The molecule has 1 unspecified atom stereocenters. The summed E-state index contributed by atoms with van der Waals surface area (Å²) in [5.74, 6) is 0.728. The lowest BCUT2D eigenvalue weighted by Gasteiger charge is -2.16. The number of carboxylic acids is 1. The molecule has 0 spiro atoms. The van der Waals surface area contributed by atoms with Crippen LogP contribution in [0.2, 0.25) is 0 Å². The van der Waals surface area contributed by atoms with Gasteiger partial charge in [-0.1, -0.05) is 36.4 Å². The number of hydrogen-bond acceptors (Lipinski definition) is 7. The summed E-state index contributed by atoms with van der Waals surface area (Å²) in [6, 6.07) is 21.2. The Labute approximate surface area is 221 Å². The van der Waals surface area contributed by atoms with Crippen LogP contribution in [0.3, 0.4) is 0 Å². The third-order valence-electron chi connectivity index (χ3n) is 5.85. The van der Waals surface area contributed by atoms with Crippen LogP contribution >= 0.6 is 0 Å². The number of carbonyl (C=O) groups excluding carboxylic acids is 1. The molecule has 8 nitrogen and oxygen atoms in total. The maximum absolute atomic E-state index is 12.3. The fourth-order valence-electron chi connectivity index (χ4n) is 3.88. The van der Waals surface area contributed by atoms with Crippen LogP contribution < -0.4 is 10.1 Å². The van der Waals surface area contributed by atoms with Gasteiger partial charge in [-0.2, -0.15) is 0 Å². The van der Waals surface area contributed by atoms with E-state index in [1.165, 1.54) is 12.3 Å². The summed E-state index contributed by atoms with van der Waals surface area (Å²) in [6.45, 7) is 3.98. The van der Waals surface area contributed by atoms with Crippen molar-refractivity contribution in [3.8, 4) is 17.2 Å². The van der Waals surface area contributed by atoms with Crippen molar-refractivity contribution in [1.29, 1.82) is 0 Å². The smallest absolute Gasteiger partial charge is 0.326 e. The van der Waals surface area contributed by atoms with Crippen LogP contribution in [0.1, 0.15) is 34.4 Å². The van der Waals surface area contributed by atoms with E-state index in [-0.39, 0.29) is 12.2 Å². The van der Waals surface area contributed by atoms with Gasteiger partial charge < -0.3 is 19.6 Å². The van der Waals surface area contributed by atoms with E-state index in [4.69, 9.17) is 9.15 Å². The molecule has 194 valence electrons. The Morgan fingerprint density at radius 1 is 1.05 bits per heavy atom. The predicted octanol–water partition coefficient (Wildman–Crippen LogP) is 5.04. The van der Waals surface area contributed by atoms with E-state index >= 15 is 0 Å². The Bertz CT molecular complexity index is 1400. The van der Waals surface area contributed by atoms with Gasteiger partial charge in [0.2, 0.25) is 11.7 Å². The van der Waals surface area contributed by atoms with E-state index in [2.05, 4.69) is 15.3 Å². The molecule has 0 radical (unpaired) electrons. The van der Waals surface area contributed by atoms with E-state index in [1.54, 1.807) is 25.1 Å². The van der Waals surface area contributed by atoms with E-state index in [9.17, 15) is 14.7 Å². The Kier molecular flexibility index (Phi) is 8.66. The second-order valence-electron chi connectivity index (χ2n) is 8.78. The van der Waals surface area contributed by atoms with Gasteiger partial charge in [0.1, 0.15) is 23.2 Å². The number of carbonyl (C=O) groups is 2. The number of rotatable bonds is 12. The third kappa shape index (κ3) is 7.16. The fraction of sp³-hybridized carbons (Fsp3) is 0.200. The molecule has 0 aliphatic heterocycles. The molecular formula is C30H29N3O5. The summed E-state index contributed by atoms with van der Waals surface area (Å²) in [4.78, 5) is 32.8. The van der Waals surface area contributed by atoms with Crippen LogP contribution in [-0.2, 0) is 17.6 Å². The first-order valence-corrected chi connectivity index (χ1v) is 12.3. The number of carboxylic acid groups (broad SMARTS) is 1. The van der Waals surface area contributed by atoms with Crippen molar-refractivity contribution in [2.24, 2.45) is 0 Å². The average Bonchev–Trinajstić information content (AvgIpc) is 3.30. The van der Waals surface area contributed by atoms with Crippen molar-refractivity contribution in [3.63, 3.8) is 0 Å². The van der Waals surface area contributed by atoms with Gasteiger partial charge in [0.05, 0.1) is 12.3 Å². The van der Waals surface area contributed by atoms with Gasteiger partial charge in [-0.25, -0.2) is 9.78 Å². The summed E-state index contributed by atoms with van der Waals surface area (Å²) < 4.78 is 11.7. The molecule has 0 saturated heterocycles. The number of hydrogen-bond donors (Lipinski definition) is 2. The number of nitrogens with zero attached hydrogens (tertiary/aromatic N) is 2. The van der Waals surface area contributed by atoms with Crippen LogP contribution in [-0.4, -0.2) is 39.5 Å². The number of aliphatic carboxylic acids is 1. The number of allylic oxidation sites excluding steroid dienone is 2. The zero-order valence-electron chi connectivity index (χ0n) is 21.3. The Balaban J connectivity index is 1.30. The second-order valence-corrected chi connectivity index (χ2v) is 8.78. The molecule has 2 heterocycles. The predicted molar refractivity (Wildman–Crippen MR) is 143 cm³/mol. The molecule has 0 aliphatic carbocycles. The SMILES string of the molecule is C/C(=C/C(=O)c1ccccn1)NC(Cc1ccc(OCCc2nc(-c3ccccc3)oc2C)cc1)C(=O)O. The van der Waals surface area contributed by atoms with Crippen LogP contribution in [0.15, 0.2) is 95.2 Å². The van der Waals surface area contributed by atoms with E-state index in [0.717, 1.165) is 22.6 Å². The molecule has 0 saturated carbocycles. The second kappa shape index (κ2) is 12.5. The van der Waals surface area contributed by atoms with Gasteiger partial charge >= 0.3 is 5.97 Å². The summed E-state index contributed by atoms with van der Waals surface area (Å²) in [7, 11) is 0. The number of ether oxygens (including phenoxy) is 1. The molecule has 0 aliphatic rings. The average molecular weight is 512 g/mol. The van der Waals surface area contributed by atoms with E-state index < -0.39 is 12.0 Å². The highest BCUT2D eigenvalue weighted by atomic mass is 16.5. The molecule has 2 aromatic heterocycles. The van der Waals surface area contributed by atoms with Gasteiger partial charge in [-0.3, -0.25) is 9.78 Å². The summed E-state index contributed by atoms with van der Waals surface area (Å²) in [5.41, 5.74) is 3.35. The van der Waals surface area contributed by atoms with Crippen LogP contribution in [0.5, 0.6) is 5.75 Å². The van der Waals surface area contributed by atoms with E-state index in [1.807, 2.05) is 61.5 Å². The number of benzene rings is 2. The Hall–Kier alpha value is -4.72. The van der Waals surface area contributed by atoms with Crippen molar-refractivity contribution < 1.29 is 23.8 Å². The summed E-state index contributed by atoms with van der Waals surface area (Å²) >= 11 is 0. The highest BCUT2D eigenvalue weighted by Gasteiger charge is 2.18. The number of aromatic nitrogens is 2. The zero-order valence-corrected chi connectivity index (χ0v) is 21.3. The van der Waals surface area contributed by atoms with Crippen molar-refractivity contribution >= 4 is 11.8 Å². The molecule has 0 bridgehead atoms. The molecule has 0 amide bonds. The normalized spacial score (nSPS) is 12.1. The van der Waals surface area contributed by atoms with Gasteiger partial charge in [0, 0.05) is 36.4 Å². The fourth-order valence-corrected chi connectivity index (χ4v) is 3.88. The van der Waals surface area contributed by atoms with Gasteiger partial charge in [-0.05, 0) is 55.8 Å². The van der Waals surface area contributed by atoms with Crippen LogP contribution in [0, 0.1) is 6.92 Å². The molecule has 0 fully saturated rings. The molecule has 38 heavy (non-hydrogen) atoms. The molecule has 4 rings (SSSR count). The molecule has 2 N–H and O–H groups in total. The quantitative estimate of drug-likeness (QED) is 0.201. The van der Waals surface area contributed by atoms with Gasteiger partial charge in [-0.15, -0.1) is 0 Å². The topological polar surface area (TPSA) is 115 Å². The standard InChI is InChI=1S/C30H29N3O5/c1-20(18-28(34)26-10-6-7-16-31-26)32-27(30(35)36)19-22-11-13-24(14-12-22)37-17-15-25-21(2)38-29(33-25)23-8-4-3-5-9-23/h3-14,16,18,27,32H,15,17,19H2,1-2H3,(H,35,36)/b20-18-. The third-order valence-corrected chi connectivity index (χ3v) is 5.85. The molecule has 4 aromatic rings. The number of nitrogens with one attached hydrogen (secondary N) is 1. The molecular weight excluding hydrogens is 482 g/mol. The zero-order chi connectivity index (χ0) is 26.9. The minimum absolute atomic E-state index is 0.235. The van der Waals surface area contributed by atoms with E-state index in [0.29, 0.717) is 36.1 Å². The first-order chi connectivity index (χ1) is 18.4. The lowest BCUT2D eigenvalue weighted by Crippen LogP contribution is -2.37. The number of ketones is 1. The highest BCUT2D eigenvalue weighted by molar-refractivity contribution is 6.03. The minimum atomic E-state index is -1.01. The van der Waals surface area contributed by atoms with Crippen molar-refractivity contribution in [3.05, 3.63) is 113 Å². The van der Waals surface area contributed by atoms with Gasteiger partial charge in [0.15, 0.2) is 0 Å². The van der Waals surface area contributed by atoms with Crippen molar-refractivity contribution in [2.75, 3.05) is 6.61 Å². The maximum Gasteiger partial charge on any atom is 0.326 e. The summed E-state index contributed by atoms with van der Waals surface area (Å²) in [5, 5.41) is 12.6. The molecule has 8 heteroatoms.